The number of halogens is 2. The Kier molecular flexibility index (Phi) is 6.57. The molecule has 2 aromatic rings. The minimum absolute atomic E-state index is 0.786. The van der Waals surface area contributed by atoms with E-state index in [-0.39, 0.29) is 0 Å². The lowest BCUT2D eigenvalue weighted by Gasteiger charge is -2.06. The van der Waals surface area contributed by atoms with Gasteiger partial charge < -0.3 is 9.47 Å². The van der Waals surface area contributed by atoms with Gasteiger partial charge in [-0.2, -0.15) is 10.2 Å². The summed E-state index contributed by atoms with van der Waals surface area (Å²) in [5, 5.41) is 8.67. The number of hydrogen-bond donors (Lipinski definition) is 0. The maximum absolute atomic E-state index is 5.24. The lowest BCUT2D eigenvalue weighted by molar-refractivity contribution is 0.412. The van der Waals surface area contributed by atoms with E-state index >= 15 is 0 Å². The molecule has 24 heavy (non-hydrogen) atoms. The first-order chi connectivity index (χ1) is 11.5. The van der Waals surface area contributed by atoms with Gasteiger partial charge in [0.1, 0.15) is 11.5 Å². The molecule has 0 amide bonds. The number of ether oxygens (including phenoxy) is 2. The second kappa shape index (κ2) is 8.44. The Morgan fingerprint density at radius 2 is 1.12 bits per heavy atom. The zero-order chi connectivity index (χ0) is 17.7. The number of rotatable bonds is 5. The van der Waals surface area contributed by atoms with Gasteiger partial charge in [-0.3, -0.25) is 0 Å². The highest BCUT2D eigenvalue weighted by Crippen LogP contribution is 2.27. The number of methoxy groups -OCH3 is 2. The summed E-state index contributed by atoms with van der Waals surface area (Å²) in [4.78, 5) is 0. The van der Waals surface area contributed by atoms with E-state index in [1.54, 1.807) is 14.2 Å². The van der Waals surface area contributed by atoms with Gasteiger partial charge in [0.15, 0.2) is 0 Å². The van der Waals surface area contributed by atoms with Crippen molar-refractivity contribution in [3.8, 4) is 11.5 Å². The summed E-state index contributed by atoms with van der Waals surface area (Å²) in [6.07, 6.45) is 0. The molecule has 0 bridgehead atoms. The minimum atomic E-state index is 0.786. The van der Waals surface area contributed by atoms with Crippen LogP contribution in [0.2, 0.25) is 0 Å². The molecule has 4 nitrogen and oxygen atoms in total. The summed E-state index contributed by atoms with van der Waals surface area (Å²) >= 11 is 6.96. The topological polar surface area (TPSA) is 43.2 Å². The minimum Gasteiger partial charge on any atom is -0.496 e. The van der Waals surface area contributed by atoms with Crippen molar-refractivity contribution < 1.29 is 9.47 Å². The molecular formula is C18H18Br2N2O2. The van der Waals surface area contributed by atoms with Crippen LogP contribution >= 0.6 is 31.9 Å². The molecule has 0 heterocycles. The van der Waals surface area contributed by atoms with Crippen molar-refractivity contribution in [3.63, 3.8) is 0 Å². The van der Waals surface area contributed by atoms with E-state index in [9.17, 15) is 0 Å². The van der Waals surface area contributed by atoms with E-state index in [0.29, 0.717) is 0 Å². The zero-order valence-corrected chi connectivity index (χ0v) is 17.1. The lowest BCUT2D eigenvalue weighted by atomic mass is 10.1. The fraction of sp³-hybridized carbons (Fsp3) is 0.222. The summed E-state index contributed by atoms with van der Waals surface area (Å²) < 4.78 is 12.2. The molecule has 0 aliphatic heterocycles. The Bertz CT molecular complexity index is 734. The molecule has 0 N–H and O–H groups in total. The van der Waals surface area contributed by atoms with Crippen molar-refractivity contribution in [3.05, 3.63) is 56.5 Å². The van der Waals surface area contributed by atoms with E-state index in [0.717, 1.165) is 43.0 Å². The third-order valence-electron chi connectivity index (χ3n) is 3.49. The third-order valence-corrected chi connectivity index (χ3v) is 4.73. The van der Waals surface area contributed by atoms with Crippen LogP contribution in [0.15, 0.2) is 55.5 Å². The summed E-state index contributed by atoms with van der Waals surface area (Å²) in [5.41, 5.74) is 3.61. The molecular weight excluding hydrogens is 436 g/mol. The van der Waals surface area contributed by atoms with Crippen molar-refractivity contribution in [1.29, 1.82) is 0 Å². The highest BCUT2D eigenvalue weighted by atomic mass is 79.9. The summed E-state index contributed by atoms with van der Waals surface area (Å²) in [5.74, 6) is 1.57. The van der Waals surface area contributed by atoms with Crippen molar-refractivity contribution >= 4 is 43.3 Å². The van der Waals surface area contributed by atoms with Crippen molar-refractivity contribution in [1.82, 2.24) is 0 Å². The Hall–Kier alpha value is -1.66. The Morgan fingerprint density at radius 1 is 0.750 bits per heavy atom. The zero-order valence-electron chi connectivity index (χ0n) is 13.9. The van der Waals surface area contributed by atoms with E-state index < -0.39 is 0 Å². The second-order valence-electron chi connectivity index (χ2n) is 5.07. The average molecular weight is 454 g/mol. The molecule has 0 spiro atoms. The van der Waals surface area contributed by atoms with E-state index in [2.05, 4.69) is 42.1 Å². The first-order valence-electron chi connectivity index (χ1n) is 7.23. The average Bonchev–Trinajstić information content (AvgIpc) is 2.59. The molecule has 0 atom stereocenters. The van der Waals surface area contributed by atoms with Crippen LogP contribution < -0.4 is 9.47 Å². The van der Waals surface area contributed by atoms with Gasteiger partial charge in [0, 0.05) is 0 Å². The van der Waals surface area contributed by atoms with Crippen LogP contribution in [0.3, 0.4) is 0 Å². The quantitative estimate of drug-likeness (QED) is 0.445. The van der Waals surface area contributed by atoms with Crippen LogP contribution in [0.4, 0.5) is 0 Å². The summed E-state index contributed by atoms with van der Waals surface area (Å²) in [7, 11) is 3.28. The predicted octanol–water partition coefficient (Wildman–Crippen LogP) is 5.46. The summed E-state index contributed by atoms with van der Waals surface area (Å²) in [6, 6.07) is 11.6. The Balaban J connectivity index is 2.25. The molecule has 6 heteroatoms. The van der Waals surface area contributed by atoms with Crippen molar-refractivity contribution in [2.45, 2.75) is 13.8 Å². The molecule has 0 aromatic heterocycles. The third kappa shape index (κ3) is 4.45. The first kappa shape index (κ1) is 18.7. The van der Waals surface area contributed by atoms with E-state index in [1.165, 1.54) is 0 Å². The monoisotopic (exact) mass is 452 g/mol. The molecule has 0 radical (unpaired) electrons. The maximum atomic E-state index is 5.24. The van der Waals surface area contributed by atoms with Gasteiger partial charge in [0.2, 0.25) is 0 Å². The molecule has 0 fully saturated rings. The van der Waals surface area contributed by atoms with Gasteiger partial charge in [-0.15, -0.1) is 0 Å². The SMILES string of the molecule is COc1ccc(/C(C)=N/N=C(\C)c2ccc(OC)c(Br)c2)cc1Br. The predicted molar refractivity (Wildman–Crippen MR) is 106 cm³/mol. The lowest BCUT2D eigenvalue weighted by Crippen LogP contribution is -1.98. The van der Waals surface area contributed by atoms with Crippen molar-refractivity contribution in [2.75, 3.05) is 14.2 Å². The highest BCUT2D eigenvalue weighted by Gasteiger charge is 2.05. The number of nitrogens with zero attached hydrogens (tertiary/aromatic N) is 2. The fourth-order valence-corrected chi connectivity index (χ4v) is 3.13. The van der Waals surface area contributed by atoms with Crippen LogP contribution in [0, 0.1) is 0 Å². The van der Waals surface area contributed by atoms with E-state index in [4.69, 9.17) is 9.47 Å². The van der Waals surface area contributed by atoms with Crippen LogP contribution in [0.25, 0.3) is 0 Å². The van der Waals surface area contributed by atoms with Crippen LogP contribution in [0.5, 0.6) is 11.5 Å². The smallest absolute Gasteiger partial charge is 0.133 e. The summed E-state index contributed by atoms with van der Waals surface area (Å²) in [6.45, 7) is 3.85. The maximum Gasteiger partial charge on any atom is 0.133 e. The van der Waals surface area contributed by atoms with Gasteiger partial charge in [-0.25, -0.2) is 0 Å². The Labute approximate surface area is 158 Å². The van der Waals surface area contributed by atoms with E-state index in [1.807, 2.05) is 50.2 Å². The van der Waals surface area contributed by atoms with Gasteiger partial charge in [-0.05, 0) is 93.2 Å². The van der Waals surface area contributed by atoms with Gasteiger partial charge in [0.05, 0.1) is 34.6 Å². The normalized spacial score (nSPS) is 12.2. The molecule has 2 rings (SSSR count). The molecule has 0 saturated heterocycles. The van der Waals surface area contributed by atoms with Crippen LogP contribution in [-0.4, -0.2) is 25.6 Å². The fourth-order valence-electron chi connectivity index (χ4n) is 2.05. The molecule has 2 aromatic carbocycles. The Morgan fingerprint density at radius 3 is 1.42 bits per heavy atom. The largest absolute Gasteiger partial charge is 0.496 e. The van der Waals surface area contributed by atoms with Gasteiger partial charge >= 0.3 is 0 Å². The molecule has 0 aliphatic carbocycles. The van der Waals surface area contributed by atoms with Gasteiger partial charge in [-0.1, -0.05) is 0 Å². The van der Waals surface area contributed by atoms with Crippen LogP contribution in [-0.2, 0) is 0 Å². The molecule has 126 valence electrons. The molecule has 0 saturated carbocycles. The van der Waals surface area contributed by atoms with Crippen LogP contribution in [0.1, 0.15) is 25.0 Å². The molecule has 0 aliphatic rings. The second-order valence-corrected chi connectivity index (χ2v) is 6.78. The standard InChI is InChI=1S/C18H18Br2N2O2/c1-11(13-5-7-17(23-3)15(19)9-13)21-22-12(2)14-6-8-18(24-4)16(20)10-14/h5-10H,1-4H3/b21-11+,22-12+. The highest BCUT2D eigenvalue weighted by molar-refractivity contribution is 9.10. The number of benzene rings is 2. The molecule has 0 unspecified atom stereocenters. The first-order valence-corrected chi connectivity index (χ1v) is 8.81. The number of hydrogen-bond acceptors (Lipinski definition) is 4. The van der Waals surface area contributed by atoms with Gasteiger partial charge in [0.25, 0.3) is 0 Å². The van der Waals surface area contributed by atoms with Crippen molar-refractivity contribution in [2.24, 2.45) is 10.2 Å².